The van der Waals surface area contributed by atoms with Crippen LogP contribution in [0.4, 0.5) is 10.1 Å². The molecule has 164 valence electrons. The molecule has 7 heteroatoms. The second-order valence-corrected chi connectivity index (χ2v) is 7.55. The maximum absolute atomic E-state index is 13.6. The van der Waals surface area contributed by atoms with Crippen molar-refractivity contribution in [2.24, 2.45) is 0 Å². The number of hydrogen-bond donors (Lipinski definition) is 1. The smallest absolute Gasteiger partial charge is 0.224 e. The maximum atomic E-state index is 13.6. The van der Waals surface area contributed by atoms with E-state index in [1.165, 1.54) is 12.1 Å². The number of fused-ring (bicyclic) bond motifs is 1. The third-order valence-corrected chi connectivity index (χ3v) is 5.35. The van der Waals surface area contributed by atoms with Crippen LogP contribution >= 0.6 is 0 Å². The van der Waals surface area contributed by atoms with Crippen LogP contribution in [0.25, 0.3) is 16.9 Å². The maximum Gasteiger partial charge on any atom is 0.224 e. The summed E-state index contributed by atoms with van der Waals surface area (Å²) < 4.78 is 20.9. The summed E-state index contributed by atoms with van der Waals surface area (Å²) in [5.74, 6) is 0.246. The molecule has 0 aliphatic heterocycles. The van der Waals surface area contributed by atoms with Crippen molar-refractivity contribution in [1.82, 2.24) is 14.6 Å². The highest BCUT2D eigenvalue weighted by atomic mass is 19.1. The minimum atomic E-state index is -0.307. The fourth-order valence-electron chi connectivity index (χ4n) is 3.78. The molecule has 6 nitrogen and oxygen atoms in total. The average molecular weight is 432 g/mol. The Bertz CT molecular complexity index is 1280. The van der Waals surface area contributed by atoms with Crippen molar-refractivity contribution in [3.05, 3.63) is 77.4 Å². The van der Waals surface area contributed by atoms with Crippen molar-refractivity contribution in [2.75, 3.05) is 11.9 Å². The van der Waals surface area contributed by atoms with E-state index in [1.54, 1.807) is 10.6 Å². The Balaban J connectivity index is 1.54. The van der Waals surface area contributed by atoms with E-state index in [1.807, 2.05) is 57.2 Å². The molecule has 0 bridgehead atoms. The highest BCUT2D eigenvalue weighted by molar-refractivity contribution is 5.92. The molecule has 0 saturated carbocycles. The summed E-state index contributed by atoms with van der Waals surface area (Å²) in [5.41, 5.74) is 5.44. The molecule has 2 aromatic heterocycles. The van der Waals surface area contributed by atoms with Crippen molar-refractivity contribution in [2.45, 2.75) is 33.6 Å². The van der Waals surface area contributed by atoms with Gasteiger partial charge in [0.05, 0.1) is 18.0 Å². The Morgan fingerprint density at radius 1 is 1.12 bits per heavy atom. The minimum absolute atomic E-state index is 0.100. The van der Waals surface area contributed by atoms with E-state index in [0.717, 1.165) is 17.0 Å². The monoisotopic (exact) mass is 432 g/mol. The van der Waals surface area contributed by atoms with Gasteiger partial charge in [0, 0.05) is 29.4 Å². The van der Waals surface area contributed by atoms with E-state index in [9.17, 15) is 9.18 Å². The zero-order valence-electron chi connectivity index (χ0n) is 18.4. The summed E-state index contributed by atoms with van der Waals surface area (Å²) in [7, 11) is 0. The first-order chi connectivity index (χ1) is 15.5. The van der Waals surface area contributed by atoms with Crippen LogP contribution in [0.5, 0.6) is 5.75 Å². The molecule has 0 spiro atoms. The first-order valence-electron chi connectivity index (χ1n) is 10.6. The third kappa shape index (κ3) is 4.46. The number of hydrogen-bond acceptors (Lipinski definition) is 4. The first kappa shape index (κ1) is 21.5. The molecule has 0 atom stereocenters. The summed E-state index contributed by atoms with van der Waals surface area (Å²) in [4.78, 5) is 17.3. The number of aryl methyl sites for hydroxylation is 2. The first-order valence-corrected chi connectivity index (χ1v) is 10.6. The topological polar surface area (TPSA) is 68.5 Å². The van der Waals surface area contributed by atoms with Gasteiger partial charge in [0.1, 0.15) is 11.6 Å². The van der Waals surface area contributed by atoms with Gasteiger partial charge in [-0.2, -0.15) is 5.10 Å². The summed E-state index contributed by atoms with van der Waals surface area (Å²) in [5, 5.41) is 7.55. The fraction of sp³-hybridized carbons (Fsp3) is 0.240. The van der Waals surface area contributed by atoms with Crippen LogP contribution in [0.1, 0.15) is 30.3 Å². The van der Waals surface area contributed by atoms with Crippen LogP contribution in [0, 0.1) is 19.7 Å². The van der Waals surface area contributed by atoms with Gasteiger partial charge in [-0.25, -0.2) is 13.9 Å². The molecule has 4 aromatic rings. The van der Waals surface area contributed by atoms with Crippen LogP contribution in [0.2, 0.25) is 0 Å². The summed E-state index contributed by atoms with van der Waals surface area (Å²) >= 11 is 0. The van der Waals surface area contributed by atoms with Crippen LogP contribution in [0.15, 0.2) is 54.6 Å². The van der Waals surface area contributed by atoms with E-state index < -0.39 is 0 Å². The largest absolute Gasteiger partial charge is 0.492 e. The molecule has 1 N–H and O–H groups in total. The molecule has 0 saturated heterocycles. The Labute approximate surface area is 186 Å². The molecule has 2 aromatic carbocycles. The zero-order chi connectivity index (χ0) is 22.7. The predicted molar refractivity (Wildman–Crippen MR) is 122 cm³/mol. The number of ether oxygens (including phenoxy) is 1. The van der Waals surface area contributed by atoms with Gasteiger partial charge in [0.15, 0.2) is 5.65 Å². The molecule has 0 aliphatic carbocycles. The molecular weight excluding hydrogens is 407 g/mol. The summed E-state index contributed by atoms with van der Waals surface area (Å²) in [6, 6.07) is 15.6. The molecule has 2 heterocycles. The number of nitrogens with one attached hydrogen (secondary N) is 1. The number of amides is 1. The number of para-hydroxylation sites is 2. The van der Waals surface area contributed by atoms with Crippen molar-refractivity contribution >= 4 is 17.2 Å². The number of halogens is 1. The van der Waals surface area contributed by atoms with Gasteiger partial charge >= 0.3 is 0 Å². The minimum Gasteiger partial charge on any atom is -0.492 e. The molecule has 0 unspecified atom stereocenters. The normalized spacial score (nSPS) is 11.0. The van der Waals surface area contributed by atoms with Crippen LogP contribution < -0.4 is 10.1 Å². The van der Waals surface area contributed by atoms with E-state index in [2.05, 4.69) is 15.4 Å². The van der Waals surface area contributed by atoms with Gasteiger partial charge in [-0.15, -0.1) is 0 Å². The van der Waals surface area contributed by atoms with Gasteiger partial charge in [-0.05, 0) is 57.0 Å². The number of nitrogens with zero attached hydrogens (tertiary/aromatic N) is 3. The molecule has 0 radical (unpaired) electrons. The lowest BCUT2D eigenvalue weighted by atomic mass is 10.1. The zero-order valence-corrected chi connectivity index (χ0v) is 18.4. The van der Waals surface area contributed by atoms with E-state index in [4.69, 9.17) is 4.74 Å². The average Bonchev–Trinajstić information content (AvgIpc) is 3.19. The molecule has 1 amide bonds. The van der Waals surface area contributed by atoms with Gasteiger partial charge < -0.3 is 10.1 Å². The van der Waals surface area contributed by atoms with Gasteiger partial charge in [-0.3, -0.25) is 4.79 Å². The second-order valence-electron chi connectivity index (χ2n) is 7.55. The molecule has 0 fully saturated rings. The fourth-order valence-corrected chi connectivity index (χ4v) is 3.78. The number of aromatic nitrogens is 3. The number of benzene rings is 2. The van der Waals surface area contributed by atoms with E-state index in [-0.39, 0.29) is 11.7 Å². The van der Waals surface area contributed by atoms with Gasteiger partial charge in [0.2, 0.25) is 5.91 Å². The van der Waals surface area contributed by atoms with E-state index >= 15 is 0 Å². The highest BCUT2D eigenvalue weighted by Crippen LogP contribution is 2.25. The number of carbonyl (C=O) groups excluding carboxylic acids is 1. The van der Waals surface area contributed by atoms with Crippen LogP contribution in [-0.2, 0) is 11.2 Å². The van der Waals surface area contributed by atoms with Crippen LogP contribution in [0.3, 0.4) is 0 Å². The number of carbonyl (C=O) groups is 1. The number of rotatable bonds is 7. The van der Waals surface area contributed by atoms with Crippen molar-refractivity contribution in [1.29, 1.82) is 0 Å². The summed E-state index contributed by atoms with van der Waals surface area (Å²) in [6.07, 6.45) is 0.825. The van der Waals surface area contributed by atoms with E-state index in [0.29, 0.717) is 47.8 Å². The molecule has 4 rings (SSSR count). The van der Waals surface area contributed by atoms with Crippen molar-refractivity contribution < 1.29 is 13.9 Å². The van der Waals surface area contributed by atoms with Gasteiger partial charge in [-0.1, -0.05) is 24.3 Å². The molecule has 0 aliphatic rings. The second kappa shape index (κ2) is 9.18. The Hall–Kier alpha value is -3.74. The highest BCUT2D eigenvalue weighted by Gasteiger charge is 2.15. The standard InChI is InChI=1S/C25H25FN4O2/c1-4-32-23-11-6-5-10-21(23)28-25(31)13-12-20-16(2)27-24-15-22(29-30(24)17(20)3)18-8-7-9-19(26)14-18/h5-11,14-15H,4,12-13H2,1-3H3,(H,28,31). The lowest BCUT2D eigenvalue weighted by Gasteiger charge is -2.13. The lowest BCUT2D eigenvalue weighted by Crippen LogP contribution is -2.15. The molecule has 32 heavy (non-hydrogen) atoms. The van der Waals surface area contributed by atoms with Crippen molar-refractivity contribution in [3.63, 3.8) is 0 Å². The Kier molecular flexibility index (Phi) is 6.16. The van der Waals surface area contributed by atoms with Crippen molar-refractivity contribution in [3.8, 4) is 17.0 Å². The molecular formula is C25H25FN4O2. The van der Waals surface area contributed by atoms with Crippen LogP contribution in [-0.4, -0.2) is 27.1 Å². The predicted octanol–water partition coefficient (Wildman–Crippen LogP) is 5.12. The Morgan fingerprint density at radius 2 is 1.94 bits per heavy atom. The quantitative estimate of drug-likeness (QED) is 0.440. The van der Waals surface area contributed by atoms with Gasteiger partial charge in [0.25, 0.3) is 0 Å². The Morgan fingerprint density at radius 3 is 2.72 bits per heavy atom. The third-order valence-electron chi connectivity index (χ3n) is 5.35. The summed E-state index contributed by atoms with van der Waals surface area (Å²) in [6.45, 7) is 6.32. The lowest BCUT2D eigenvalue weighted by molar-refractivity contribution is -0.116. The number of anilines is 1. The SMILES string of the molecule is CCOc1ccccc1NC(=O)CCc1c(C)nc2cc(-c3cccc(F)c3)nn2c1C.